The molecule has 2 N–H and O–H groups in total. The van der Waals surface area contributed by atoms with E-state index in [4.69, 9.17) is 0 Å². The largest absolute Gasteiger partial charge is 0.493 e. The molecule has 1 aromatic heterocycles. The summed E-state index contributed by atoms with van der Waals surface area (Å²) in [6, 6.07) is 12.6. The van der Waals surface area contributed by atoms with Gasteiger partial charge in [0.15, 0.2) is 5.69 Å². The number of aromatic hydroxyl groups is 1. The fourth-order valence-electron chi connectivity index (χ4n) is 2.23. The van der Waals surface area contributed by atoms with Crippen LogP contribution in [0.4, 0.5) is 5.69 Å². The molecule has 0 radical (unpaired) electrons. The first kappa shape index (κ1) is 14.5. The Bertz CT molecular complexity index is 900. The number of hydrogen-bond acceptors (Lipinski definition) is 3. The van der Waals surface area contributed by atoms with Crippen LogP contribution in [0.2, 0.25) is 0 Å². The number of nitrogens with zero attached hydrogens (tertiary/aromatic N) is 2. The van der Waals surface area contributed by atoms with Gasteiger partial charge in [-0.15, -0.1) is 10.2 Å². The Labute approximate surface area is 134 Å². The number of aryl methyl sites for hydroxylation is 1. The van der Waals surface area contributed by atoms with E-state index in [0.29, 0.717) is 10.9 Å². The molecule has 0 aliphatic rings. The minimum absolute atomic E-state index is 0.106. The highest BCUT2D eigenvalue weighted by Crippen LogP contribution is 2.35. The fraction of sp³-hybridized carbons (Fsp3) is 0.0625. The van der Waals surface area contributed by atoms with Gasteiger partial charge in [0.05, 0.1) is 5.52 Å². The molecule has 1 heterocycles. The topological polar surface area (TPSA) is 77.8 Å². The van der Waals surface area contributed by atoms with Crippen LogP contribution >= 0.6 is 15.9 Å². The van der Waals surface area contributed by atoms with Gasteiger partial charge in [0.25, 0.3) is 5.91 Å². The van der Waals surface area contributed by atoms with Gasteiger partial charge in [0.2, 0.25) is 5.88 Å². The van der Waals surface area contributed by atoms with E-state index in [0.717, 1.165) is 15.6 Å². The average molecular weight is 358 g/mol. The number of aromatic amines is 1. The minimum atomic E-state index is -0.449. The quantitative estimate of drug-likeness (QED) is 0.641. The van der Waals surface area contributed by atoms with Crippen molar-refractivity contribution >= 4 is 38.4 Å². The van der Waals surface area contributed by atoms with E-state index in [2.05, 4.69) is 31.1 Å². The van der Waals surface area contributed by atoms with Crippen LogP contribution in [0.25, 0.3) is 10.9 Å². The molecule has 6 heteroatoms. The number of azo groups is 1. The van der Waals surface area contributed by atoms with Gasteiger partial charge in [-0.3, -0.25) is 4.79 Å². The average Bonchev–Trinajstić information content (AvgIpc) is 2.80. The van der Waals surface area contributed by atoms with E-state index in [1.165, 1.54) is 0 Å². The Morgan fingerprint density at radius 1 is 1.23 bits per heavy atom. The summed E-state index contributed by atoms with van der Waals surface area (Å²) in [4.78, 5) is 14.9. The monoisotopic (exact) mass is 357 g/mol. The number of benzene rings is 2. The summed E-state index contributed by atoms with van der Waals surface area (Å²) in [6.45, 7) is 1.83. The molecule has 0 aliphatic heterocycles. The lowest BCUT2D eigenvalue weighted by molar-refractivity contribution is 0.0994. The molecular weight excluding hydrogens is 346 g/mol. The van der Waals surface area contributed by atoms with Gasteiger partial charge >= 0.3 is 0 Å². The summed E-state index contributed by atoms with van der Waals surface area (Å²) in [5.41, 5.74) is 2.28. The second-order valence-corrected chi connectivity index (χ2v) is 5.75. The zero-order valence-electron chi connectivity index (χ0n) is 11.7. The van der Waals surface area contributed by atoms with Crippen LogP contribution in [0, 0.1) is 6.92 Å². The van der Waals surface area contributed by atoms with E-state index in [1.807, 2.05) is 31.2 Å². The Kier molecular flexibility index (Phi) is 3.77. The van der Waals surface area contributed by atoms with Crippen molar-refractivity contribution in [1.29, 1.82) is 0 Å². The van der Waals surface area contributed by atoms with Crippen LogP contribution in [-0.2, 0) is 0 Å². The number of hydrogen-bond donors (Lipinski definition) is 2. The molecule has 0 aliphatic carbocycles. The van der Waals surface area contributed by atoms with Crippen molar-refractivity contribution in [3.05, 3.63) is 58.1 Å². The first-order valence-corrected chi connectivity index (χ1v) is 7.37. The summed E-state index contributed by atoms with van der Waals surface area (Å²) >= 11 is 3.35. The van der Waals surface area contributed by atoms with Crippen molar-refractivity contribution in [3.8, 4) is 5.88 Å². The van der Waals surface area contributed by atoms with Crippen LogP contribution in [0.15, 0.2) is 57.2 Å². The van der Waals surface area contributed by atoms with Gasteiger partial charge in [-0.05, 0) is 36.8 Å². The van der Waals surface area contributed by atoms with Gasteiger partial charge in [-0.25, -0.2) is 0 Å². The number of nitrogens with one attached hydrogen (secondary N) is 1. The van der Waals surface area contributed by atoms with Crippen LogP contribution in [0.5, 0.6) is 5.88 Å². The van der Waals surface area contributed by atoms with Crippen LogP contribution in [-0.4, -0.2) is 16.0 Å². The number of amides is 1. The zero-order valence-corrected chi connectivity index (χ0v) is 13.3. The van der Waals surface area contributed by atoms with Crippen molar-refractivity contribution in [3.63, 3.8) is 0 Å². The Hall–Kier alpha value is -2.47. The highest BCUT2D eigenvalue weighted by molar-refractivity contribution is 9.10. The molecule has 0 saturated heterocycles. The predicted molar refractivity (Wildman–Crippen MR) is 87.7 cm³/mol. The van der Waals surface area contributed by atoms with Gasteiger partial charge in [-0.2, -0.15) is 0 Å². The molecule has 22 heavy (non-hydrogen) atoms. The Morgan fingerprint density at radius 2 is 2.00 bits per heavy atom. The lowest BCUT2D eigenvalue weighted by atomic mass is 10.1. The van der Waals surface area contributed by atoms with Crippen molar-refractivity contribution in [2.75, 3.05) is 0 Å². The lowest BCUT2D eigenvalue weighted by Gasteiger charge is -2.00. The minimum Gasteiger partial charge on any atom is -0.493 e. The van der Waals surface area contributed by atoms with E-state index >= 15 is 0 Å². The highest BCUT2D eigenvalue weighted by atomic mass is 79.9. The Balaban J connectivity index is 1.96. The highest BCUT2D eigenvalue weighted by Gasteiger charge is 2.12. The number of aromatic nitrogens is 1. The van der Waals surface area contributed by atoms with Gasteiger partial charge < -0.3 is 10.1 Å². The van der Waals surface area contributed by atoms with E-state index < -0.39 is 5.91 Å². The third-order valence-corrected chi connectivity index (χ3v) is 3.81. The summed E-state index contributed by atoms with van der Waals surface area (Å²) in [6.07, 6.45) is 0. The summed E-state index contributed by atoms with van der Waals surface area (Å²) < 4.78 is 0.896. The number of carbonyl (C=O) groups excluding carboxylic acids is 1. The standard InChI is InChI=1S/C16H12BrN3O2/c1-9-8-10(17)6-7-11(9)15(21)20-19-14-12-4-2-3-5-13(12)18-16(14)22/h2-8,18,22H,1H3. The van der Waals surface area contributed by atoms with Gasteiger partial charge in [-0.1, -0.05) is 34.1 Å². The molecule has 0 fully saturated rings. The molecule has 3 rings (SSSR count). The van der Waals surface area contributed by atoms with Crippen molar-refractivity contribution in [2.45, 2.75) is 6.92 Å². The smallest absolute Gasteiger partial charge is 0.295 e. The molecule has 110 valence electrons. The number of rotatable bonds is 2. The molecular formula is C16H12BrN3O2. The second kappa shape index (κ2) is 5.73. The SMILES string of the molecule is Cc1cc(Br)ccc1C(=O)N=Nc1c(O)[nH]c2ccccc12. The molecule has 0 unspecified atom stereocenters. The molecule has 0 bridgehead atoms. The van der Waals surface area contributed by atoms with Gasteiger partial charge in [0.1, 0.15) is 0 Å². The number of halogens is 1. The summed E-state index contributed by atoms with van der Waals surface area (Å²) in [5.74, 6) is -0.556. The first-order chi connectivity index (χ1) is 10.6. The van der Waals surface area contributed by atoms with Crippen LogP contribution in [0.3, 0.4) is 0 Å². The maximum absolute atomic E-state index is 12.2. The van der Waals surface area contributed by atoms with E-state index in [9.17, 15) is 9.90 Å². The molecule has 0 spiro atoms. The van der Waals surface area contributed by atoms with Crippen molar-refractivity contribution < 1.29 is 9.90 Å². The molecule has 0 atom stereocenters. The first-order valence-electron chi connectivity index (χ1n) is 6.58. The summed E-state index contributed by atoms with van der Waals surface area (Å²) in [5, 5.41) is 18.2. The van der Waals surface area contributed by atoms with Crippen LogP contribution < -0.4 is 0 Å². The Morgan fingerprint density at radius 3 is 2.77 bits per heavy atom. The number of fused-ring (bicyclic) bond motifs is 1. The van der Waals surface area contributed by atoms with Crippen molar-refractivity contribution in [2.24, 2.45) is 10.2 Å². The molecule has 1 amide bonds. The predicted octanol–water partition coefficient (Wildman–Crippen LogP) is 4.87. The molecule has 5 nitrogen and oxygen atoms in total. The van der Waals surface area contributed by atoms with Crippen molar-refractivity contribution in [1.82, 2.24) is 4.98 Å². The number of carbonyl (C=O) groups is 1. The summed E-state index contributed by atoms with van der Waals surface area (Å²) in [7, 11) is 0. The second-order valence-electron chi connectivity index (χ2n) is 4.83. The third kappa shape index (κ3) is 2.65. The normalized spacial score (nSPS) is 11.4. The van der Waals surface area contributed by atoms with E-state index in [1.54, 1.807) is 18.2 Å². The zero-order chi connectivity index (χ0) is 15.7. The maximum Gasteiger partial charge on any atom is 0.295 e. The fourth-order valence-corrected chi connectivity index (χ4v) is 2.71. The lowest BCUT2D eigenvalue weighted by Crippen LogP contribution is -1.96. The number of para-hydroxylation sites is 1. The van der Waals surface area contributed by atoms with Crippen LogP contribution in [0.1, 0.15) is 15.9 Å². The maximum atomic E-state index is 12.2. The third-order valence-electron chi connectivity index (χ3n) is 3.32. The van der Waals surface area contributed by atoms with Gasteiger partial charge in [0, 0.05) is 15.4 Å². The molecule has 0 saturated carbocycles. The molecule has 2 aromatic carbocycles. The number of H-pyrrole nitrogens is 1. The molecule has 3 aromatic rings. The van der Waals surface area contributed by atoms with E-state index in [-0.39, 0.29) is 11.6 Å².